The van der Waals surface area contributed by atoms with Gasteiger partial charge < -0.3 is 9.84 Å². The number of imidazole rings is 1. The van der Waals surface area contributed by atoms with Crippen molar-refractivity contribution in [2.75, 3.05) is 0 Å². The molecule has 0 saturated heterocycles. The highest BCUT2D eigenvalue weighted by atomic mass is 16.5. The van der Waals surface area contributed by atoms with E-state index < -0.39 is 0 Å². The van der Waals surface area contributed by atoms with Crippen molar-refractivity contribution in [1.29, 1.82) is 0 Å². The van der Waals surface area contributed by atoms with Crippen molar-refractivity contribution < 1.29 is 9.32 Å². The molecule has 4 aromatic rings. The Labute approximate surface area is 149 Å². The number of benzene rings is 1. The maximum absolute atomic E-state index is 12.6. The number of hydrogen-bond acceptors (Lipinski definition) is 5. The summed E-state index contributed by atoms with van der Waals surface area (Å²) in [6, 6.07) is 12.8. The van der Waals surface area contributed by atoms with Crippen LogP contribution in [0, 0.1) is 0 Å². The molecular weight excluding hydrogens is 330 g/mol. The van der Waals surface area contributed by atoms with Crippen molar-refractivity contribution in [2.45, 2.75) is 19.4 Å². The summed E-state index contributed by atoms with van der Waals surface area (Å²) >= 11 is 0. The van der Waals surface area contributed by atoms with Gasteiger partial charge in [0.1, 0.15) is 0 Å². The van der Waals surface area contributed by atoms with Crippen molar-refractivity contribution in [3.05, 3.63) is 72.4 Å². The third-order valence-corrected chi connectivity index (χ3v) is 4.13. The first kappa shape index (κ1) is 16.0. The lowest BCUT2D eigenvalue weighted by Crippen LogP contribution is -2.28. The van der Waals surface area contributed by atoms with E-state index in [1.54, 1.807) is 12.3 Å². The van der Waals surface area contributed by atoms with E-state index in [0.717, 1.165) is 11.3 Å². The van der Waals surface area contributed by atoms with Crippen LogP contribution in [0.5, 0.6) is 0 Å². The second kappa shape index (κ2) is 6.79. The van der Waals surface area contributed by atoms with E-state index in [2.05, 4.69) is 20.4 Å². The maximum atomic E-state index is 12.6. The monoisotopic (exact) mass is 347 g/mol. The molecule has 4 rings (SSSR count). The first-order chi connectivity index (χ1) is 12.7. The first-order valence-electron chi connectivity index (χ1n) is 8.37. The van der Waals surface area contributed by atoms with Gasteiger partial charge in [-0.15, -0.1) is 0 Å². The number of carbonyl (C=O) groups is 1. The Balaban J connectivity index is 1.53. The smallest absolute Gasteiger partial charge is 0.274 e. The van der Waals surface area contributed by atoms with E-state index in [0.29, 0.717) is 18.0 Å². The molecule has 7 heteroatoms. The normalized spacial score (nSPS) is 12.2. The van der Waals surface area contributed by atoms with Gasteiger partial charge in [-0.25, -0.2) is 9.97 Å². The number of hydrogen-bond donors (Lipinski definition) is 1. The number of amides is 1. The van der Waals surface area contributed by atoms with Crippen LogP contribution in [0.25, 0.3) is 17.1 Å². The Hall–Kier alpha value is -3.48. The van der Waals surface area contributed by atoms with Crippen molar-refractivity contribution in [3.63, 3.8) is 0 Å². The molecule has 0 fully saturated rings. The summed E-state index contributed by atoms with van der Waals surface area (Å²) in [6.07, 6.45) is 6.12. The number of fused-ring (bicyclic) bond motifs is 1. The standard InChI is InChI=1S/C19H17N5O2/c1-2-14(16-12-24-10-6-9-20-19(24)22-16)21-18(25)15-11-17(26-23-15)13-7-4-3-5-8-13/h3-12,14H,2H2,1H3,(H,21,25). The summed E-state index contributed by atoms with van der Waals surface area (Å²) < 4.78 is 7.13. The van der Waals surface area contributed by atoms with Gasteiger partial charge in [-0.3, -0.25) is 9.20 Å². The molecule has 7 nitrogen and oxygen atoms in total. The van der Waals surface area contributed by atoms with Gasteiger partial charge in [0.25, 0.3) is 5.91 Å². The Morgan fingerprint density at radius 2 is 2.12 bits per heavy atom. The van der Waals surface area contributed by atoms with Gasteiger partial charge in [-0.1, -0.05) is 42.4 Å². The molecule has 1 unspecified atom stereocenters. The van der Waals surface area contributed by atoms with Gasteiger partial charge in [-0.2, -0.15) is 0 Å². The predicted molar refractivity (Wildman–Crippen MR) is 95.4 cm³/mol. The molecule has 0 radical (unpaired) electrons. The van der Waals surface area contributed by atoms with E-state index in [1.807, 2.05) is 60.1 Å². The lowest BCUT2D eigenvalue weighted by atomic mass is 10.1. The molecule has 1 atom stereocenters. The molecule has 0 aliphatic carbocycles. The highest BCUT2D eigenvalue weighted by Crippen LogP contribution is 2.21. The van der Waals surface area contributed by atoms with Crippen LogP contribution in [-0.4, -0.2) is 25.4 Å². The summed E-state index contributed by atoms with van der Waals surface area (Å²) in [5.41, 5.74) is 1.87. The van der Waals surface area contributed by atoms with Crippen molar-refractivity contribution in [3.8, 4) is 11.3 Å². The van der Waals surface area contributed by atoms with E-state index in [9.17, 15) is 4.79 Å². The molecule has 0 aliphatic heterocycles. The Morgan fingerprint density at radius 3 is 2.88 bits per heavy atom. The zero-order valence-corrected chi connectivity index (χ0v) is 14.2. The quantitative estimate of drug-likeness (QED) is 0.599. The molecule has 3 heterocycles. The maximum Gasteiger partial charge on any atom is 0.274 e. The molecule has 26 heavy (non-hydrogen) atoms. The molecule has 1 aromatic carbocycles. The van der Waals surface area contributed by atoms with Crippen LogP contribution in [0.4, 0.5) is 0 Å². The molecule has 1 N–H and O–H groups in total. The average molecular weight is 347 g/mol. The van der Waals surface area contributed by atoms with Crippen molar-refractivity contribution in [2.24, 2.45) is 0 Å². The lowest BCUT2D eigenvalue weighted by molar-refractivity contribution is 0.0925. The zero-order valence-electron chi connectivity index (χ0n) is 14.2. The fraction of sp³-hybridized carbons (Fsp3) is 0.158. The fourth-order valence-corrected chi connectivity index (χ4v) is 2.75. The minimum absolute atomic E-state index is 0.235. The SMILES string of the molecule is CCC(NC(=O)c1cc(-c2ccccc2)on1)c1cn2cccnc2n1. The van der Waals surface area contributed by atoms with Crippen LogP contribution in [0.1, 0.15) is 35.6 Å². The van der Waals surface area contributed by atoms with E-state index >= 15 is 0 Å². The van der Waals surface area contributed by atoms with E-state index in [4.69, 9.17) is 4.52 Å². The Kier molecular flexibility index (Phi) is 4.18. The van der Waals surface area contributed by atoms with Crippen LogP contribution >= 0.6 is 0 Å². The van der Waals surface area contributed by atoms with Crippen LogP contribution < -0.4 is 5.32 Å². The van der Waals surface area contributed by atoms with Crippen LogP contribution in [0.3, 0.4) is 0 Å². The van der Waals surface area contributed by atoms with Gasteiger partial charge >= 0.3 is 0 Å². The third kappa shape index (κ3) is 3.06. The average Bonchev–Trinajstić information content (AvgIpc) is 3.33. The Morgan fingerprint density at radius 1 is 1.27 bits per heavy atom. The van der Waals surface area contributed by atoms with Crippen LogP contribution in [0.15, 0.2) is 65.6 Å². The first-order valence-corrected chi connectivity index (χ1v) is 8.37. The largest absolute Gasteiger partial charge is 0.355 e. The molecule has 0 spiro atoms. The highest BCUT2D eigenvalue weighted by Gasteiger charge is 2.20. The summed E-state index contributed by atoms with van der Waals surface area (Å²) in [6.45, 7) is 1.99. The summed E-state index contributed by atoms with van der Waals surface area (Å²) in [7, 11) is 0. The second-order valence-corrected chi connectivity index (χ2v) is 5.87. The molecule has 0 bridgehead atoms. The second-order valence-electron chi connectivity index (χ2n) is 5.87. The summed E-state index contributed by atoms with van der Waals surface area (Å²) in [5.74, 6) is 0.858. The van der Waals surface area contributed by atoms with Crippen molar-refractivity contribution >= 4 is 11.7 Å². The molecule has 0 saturated carbocycles. The highest BCUT2D eigenvalue weighted by molar-refractivity contribution is 5.93. The van der Waals surface area contributed by atoms with E-state index in [1.165, 1.54) is 0 Å². The zero-order chi connectivity index (χ0) is 17.9. The lowest BCUT2D eigenvalue weighted by Gasteiger charge is -2.13. The topological polar surface area (TPSA) is 85.3 Å². The number of nitrogens with zero attached hydrogens (tertiary/aromatic N) is 4. The number of carbonyl (C=O) groups excluding carboxylic acids is 1. The van der Waals surface area contributed by atoms with Gasteiger partial charge in [-0.05, 0) is 12.5 Å². The van der Waals surface area contributed by atoms with Gasteiger partial charge in [0.2, 0.25) is 5.78 Å². The van der Waals surface area contributed by atoms with Crippen molar-refractivity contribution in [1.82, 2.24) is 24.8 Å². The molecule has 3 aromatic heterocycles. The van der Waals surface area contributed by atoms with Crippen LogP contribution in [-0.2, 0) is 0 Å². The van der Waals surface area contributed by atoms with Crippen LogP contribution in [0.2, 0.25) is 0 Å². The van der Waals surface area contributed by atoms with E-state index in [-0.39, 0.29) is 17.6 Å². The number of nitrogens with one attached hydrogen (secondary N) is 1. The van der Waals surface area contributed by atoms with Gasteiger partial charge in [0.05, 0.1) is 11.7 Å². The van der Waals surface area contributed by atoms with Gasteiger partial charge in [0.15, 0.2) is 11.5 Å². The third-order valence-electron chi connectivity index (χ3n) is 4.13. The molecule has 1 amide bonds. The predicted octanol–water partition coefficient (Wildman–Crippen LogP) is 3.27. The molecule has 0 aliphatic rings. The fourth-order valence-electron chi connectivity index (χ4n) is 2.75. The number of rotatable bonds is 5. The Bertz CT molecular complexity index is 1010. The number of aromatic nitrogens is 4. The minimum atomic E-state index is -0.298. The summed E-state index contributed by atoms with van der Waals surface area (Å²) in [4.78, 5) is 21.2. The molecular formula is C19H17N5O2. The molecule has 130 valence electrons. The van der Waals surface area contributed by atoms with Gasteiger partial charge in [0, 0.05) is 30.2 Å². The minimum Gasteiger partial charge on any atom is -0.355 e. The summed E-state index contributed by atoms with van der Waals surface area (Å²) in [5, 5.41) is 6.85.